The van der Waals surface area contributed by atoms with Crippen LogP contribution < -0.4 is 4.72 Å². The van der Waals surface area contributed by atoms with E-state index >= 15 is 0 Å². The summed E-state index contributed by atoms with van der Waals surface area (Å²) in [4.78, 5) is 27.9. The van der Waals surface area contributed by atoms with Crippen molar-refractivity contribution in [2.24, 2.45) is 0 Å². The van der Waals surface area contributed by atoms with Gasteiger partial charge in [0.25, 0.3) is 5.91 Å². The predicted molar refractivity (Wildman–Crippen MR) is 125 cm³/mol. The van der Waals surface area contributed by atoms with E-state index in [0.717, 1.165) is 0 Å². The molecule has 1 amide bonds. The Balaban J connectivity index is 1.45. The molecule has 0 atom stereocenters. The number of nitrogens with zero attached hydrogens (tertiary/aromatic N) is 1. The third kappa shape index (κ3) is 4.94. The van der Waals surface area contributed by atoms with E-state index in [-0.39, 0.29) is 21.9 Å². The van der Waals surface area contributed by atoms with Gasteiger partial charge in [-0.2, -0.15) is 0 Å². The number of halogens is 1. The molecule has 32 heavy (non-hydrogen) atoms. The predicted octanol–water partition coefficient (Wildman–Crippen LogP) is 4.22. The molecule has 1 aliphatic heterocycles. The van der Waals surface area contributed by atoms with E-state index in [1.165, 1.54) is 11.3 Å². The van der Waals surface area contributed by atoms with E-state index < -0.39 is 10.0 Å². The standard InChI is InChI=1S/C23H21ClN2O4S2/c24-17-9-7-16(8-10-17)22(27)19-4-1-2-5-20(19)23(28)26-13-11-18(12-14-26)25-32(29,30)21-6-3-15-31-21/h1-10,15,18,25H,11-14H2. The van der Waals surface area contributed by atoms with Gasteiger partial charge >= 0.3 is 0 Å². The molecule has 3 aromatic rings. The van der Waals surface area contributed by atoms with E-state index in [2.05, 4.69) is 4.72 Å². The fraction of sp³-hybridized carbons (Fsp3) is 0.217. The molecule has 2 heterocycles. The quantitative estimate of drug-likeness (QED) is 0.527. The van der Waals surface area contributed by atoms with Crippen LogP contribution in [0.4, 0.5) is 0 Å². The van der Waals surface area contributed by atoms with Crippen molar-refractivity contribution in [2.45, 2.75) is 23.1 Å². The van der Waals surface area contributed by atoms with Gasteiger partial charge in [-0.3, -0.25) is 9.59 Å². The molecular formula is C23H21ClN2O4S2. The molecule has 6 nitrogen and oxygen atoms in total. The van der Waals surface area contributed by atoms with Gasteiger partial charge < -0.3 is 4.90 Å². The number of ketones is 1. The highest BCUT2D eigenvalue weighted by Gasteiger charge is 2.29. The molecule has 1 saturated heterocycles. The number of carbonyl (C=O) groups excluding carboxylic acids is 2. The van der Waals surface area contributed by atoms with Crippen LogP contribution in [0.25, 0.3) is 0 Å². The molecule has 0 saturated carbocycles. The molecule has 0 radical (unpaired) electrons. The van der Waals surface area contributed by atoms with Crippen LogP contribution in [0.5, 0.6) is 0 Å². The Hall–Kier alpha value is -2.52. The summed E-state index contributed by atoms with van der Waals surface area (Å²) in [5.74, 6) is -0.480. The van der Waals surface area contributed by atoms with Gasteiger partial charge in [-0.25, -0.2) is 13.1 Å². The first-order valence-corrected chi connectivity index (χ1v) is 12.8. The summed E-state index contributed by atoms with van der Waals surface area (Å²) in [5.41, 5.74) is 1.13. The van der Waals surface area contributed by atoms with Crippen LogP contribution in [-0.2, 0) is 10.0 Å². The maximum atomic E-state index is 13.2. The minimum absolute atomic E-state index is 0.234. The van der Waals surface area contributed by atoms with Crippen LogP contribution in [0.3, 0.4) is 0 Å². The Morgan fingerprint density at radius 1 is 0.938 bits per heavy atom. The van der Waals surface area contributed by atoms with Crippen LogP contribution in [0.1, 0.15) is 39.1 Å². The minimum atomic E-state index is -3.55. The zero-order valence-corrected chi connectivity index (χ0v) is 19.4. The molecule has 4 rings (SSSR count). The number of amides is 1. The summed E-state index contributed by atoms with van der Waals surface area (Å²) in [6.07, 6.45) is 1.01. The molecule has 166 valence electrons. The second-order valence-electron chi connectivity index (χ2n) is 7.50. The maximum Gasteiger partial charge on any atom is 0.254 e. The molecule has 0 spiro atoms. The van der Waals surface area contributed by atoms with Crippen molar-refractivity contribution in [3.05, 3.63) is 87.8 Å². The second-order valence-corrected chi connectivity index (χ2v) is 10.8. The lowest BCUT2D eigenvalue weighted by Crippen LogP contribution is -2.46. The average molecular weight is 489 g/mol. The van der Waals surface area contributed by atoms with Crippen LogP contribution in [-0.4, -0.2) is 44.1 Å². The first-order valence-electron chi connectivity index (χ1n) is 10.1. The number of rotatable bonds is 6. The van der Waals surface area contributed by atoms with Crippen LogP contribution >= 0.6 is 22.9 Å². The minimum Gasteiger partial charge on any atom is -0.339 e. The van der Waals surface area contributed by atoms with Gasteiger partial charge in [0.15, 0.2) is 5.78 Å². The summed E-state index contributed by atoms with van der Waals surface area (Å²) < 4.78 is 27.9. The number of nitrogens with one attached hydrogen (secondary N) is 1. The number of benzene rings is 2. The fourth-order valence-corrected chi connectivity index (χ4v) is 6.13. The van der Waals surface area contributed by atoms with Gasteiger partial charge in [0.2, 0.25) is 10.0 Å². The van der Waals surface area contributed by atoms with E-state index in [1.54, 1.807) is 70.9 Å². The van der Waals surface area contributed by atoms with E-state index in [1.807, 2.05) is 0 Å². The summed E-state index contributed by atoms with van der Waals surface area (Å²) in [5, 5.41) is 2.25. The highest BCUT2D eigenvalue weighted by molar-refractivity contribution is 7.91. The third-order valence-corrected chi connectivity index (χ3v) is 8.54. The van der Waals surface area contributed by atoms with E-state index in [9.17, 15) is 18.0 Å². The Labute approximate surface area is 195 Å². The van der Waals surface area contributed by atoms with Crippen molar-refractivity contribution in [1.82, 2.24) is 9.62 Å². The number of piperidine rings is 1. The number of hydrogen-bond acceptors (Lipinski definition) is 5. The molecule has 9 heteroatoms. The summed E-state index contributed by atoms with van der Waals surface area (Å²) in [7, 11) is -3.55. The van der Waals surface area contributed by atoms with Crippen molar-refractivity contribution < 1.29 is 18.0 Å². The number of sulfonamides is 1. The van der Waals surface area contributed by atoms with Gasteiger partial charge in [-0.05, 0) is 54.6 Å². The zero-order chi connectivity index (χ0) is 22.7. The Morgan fingerprint density at radius 2 is 1.59 bits per heavy atom. The first-order chi connectivity index (χ1) is 15.3. The van der Waals surface area contributed by atoms with Crippen LogP contribution in [0, 0.1) is 0 Å². The number of thiophene rings is 1. The van der Waals surface area contributed by atoms with Gasteiger partial charge in [-0.1, -0.05) is 35.9 Å². The van der Waals surface area contributed by atoms with Crippen molar-refractivity contribution in [3.63, 3.8) is 0 Å². The van der Waals surface area contributed by atoms with Gasteiger partial charge in [0, 0.05) is 35.3 Å². The normalized spacial score (nSPS) is 15.0. The van der Waals surface area contributed by atoms with Crippen LogP contribution in [0.15, 0.2) is 70.3 Å². The van der Waals surface area contributed by atoms with Crippen LogP contribution in [0.2, 0.25) is 5.02 Å². The lowest BCUT2D eigenvalue weighted by molar-refractivity contribution is 0.0707. The third-order valence-electron chi connectivity index (χ3n) is 5.37. The number of likely N-dealkylation sites (tertiary alicyclic amines) is 1. The van der Waals surface area contributed by atoms with Gasteiger partial charge in [0.05, 0.1) is 5.56 Å². The Bertz CT molecular complexity index is 1220. The van der Waals surface area contributed by atoms with E-state index in [0.29, 0.717) is 47.6 Å². The average Bonchev–Trinajstić information content (AvgIpc) is 3.35. The molecular weight excluding hydrogens is 468 g/mol. The molecule has 1 N–H and O–H groups in total. The second kappa shape index (κ2) is 9.54. The maximum absolute atomic E-state index is 13.2. The first kappa shape index (κ1) is 22.7. The molecule has 1 aliphatic rings. The Morgan fingerprint density at radius 3 is 2.22 bits per heavy atom. The highest BCUT2D eigenvalue weighted by atomic mass is 35.5. The molecule has 0 unspecified atom stereocenters. The van der Waals surface area contributed by atoms with Crippen molar-refractivity contribution >= 4 is 44.7 Å². The molecule has 0 bridgehead atoms. The van der Waals surface area contributed by atoms with Crippen molar-refractivity contribution in [3.8, 4) is 0 Å². The molecule has 0 aliphatic carbocycles. The largest absolute Gasteiger partial charge is 0.339 e. The summed E-state index contributed by atoms with van der Waals surface area (Å²) in [6.45, 7) is 0.805. The lowest BCUT2D eigenvalue weighted by atomic mass is 9.96. The highest BCUT2D eigenvalue weighted by Crippen LogP contribution is 2.22. The van der Waals surface area contributed by atoms with Crippen molar-refractivity contribution in [2.75, 3.05) is 13.1 Å². The summed E-state index contributed by atoms with van der Waals surface area (Å²) >= 11 is 7.08. The Kier molecular flexibility index (Phi) is 6.76. The molecule has 2 aromatic carbocycles. The molecule has 1 fully saturated rings. The zero-order valence-electron chi connectivity index (χ0n) is 17.0. The summed E-state index contributed by atoms with van der Waals surface area (Å²) in [6, 6.07) is 16.3. The van der Waals surface area contributed by atoms with Gasteiger partial charge in [0.1, 0.15) is 4.21 Å². The number of carbonyl (C=O) groups is 2. The SMILES string of the molecule is O=C(c1ccc(Cl)cc1)c1ccccc1C(=O)N1CCC(NS(=O)(=O)c2cccs2)CC1. The van der Waals surface area contributed by atoms with Crippen molar-refractivity contribution in [1.29, 1.82) is 0 Å². The lowest BCUT2D eigenvalue weighted by Gasteiger charge is -2.32. The van der Waals surface area contributed by atoms with Gasteiger partial charge in [-0.15, -0.1) is 11.3 Å². The van der Waals surface area contributed by atoms with E-state index in [4.69, 9.17) is 11.6 Å². The smallest absolute Gasteiger partial charge is 0.254 e. The monoisotopic (exact) mass is 488 g/mol. The number of hydrogen-bond donors (Lipinski definition) is 1. The fourth-order valence-electron chi connectivity index (χ4n) is 3.69. The molecule has 1 aromatic heterocycles. The topological polar surface area (TPSA) is 83.6 Å².